The molecular formula is C34H34O4. The van der Waals surface area contributed by atoms with Gasteiger partial charge in [-0.15, -0.1) is 0 Å². The molecule has 4 aromatic rings. The molecule has 0 fully saturated rings. The Bertz CT molecular complexity index is 1250. The van der Waals surface area contributed by atoms with E-state index in [0.717, 1.165) is 56.4 Å². The zero-order valence-electron chi connectivity index (χ0n) is 22.4. The maximum atomic E-state index is 5.67. The Morgan fingerprint density at radius 1 is 0.447 bits per heavy atom. The van der Waals surface area contributed by atoms with Gasteiger partial charge in [0.1, 0.15) is 23.0 Å². The molecule has 0 unspecified atom stereocenters. The maximum absolute atomic E-state index is 5.67. The van der Waals surface area contributed by atoms with Gasteiger partial charge in [0.25, 0.3) is 0 Å². The maximum Gasteiger partial charge on any atom is 0.119 e. The molecule has 0 spiro atoms. The van der Waals surface area contributed by atoms with Crippen LogP contribution in [0.1, 0.15) is 36.1 Å². The van der Waals surface area contributed by atoms with Crippen molar-refractivity contribution >= 4 is 11.1 Å². The molecule has 0 aliphatic carbocycles. The summed E-state index contributed by atoms with van der Waals surface area (Å²) in [6.07, 6.45) is 4.35. The van der Waals surface area contributed by atoms with Crippen molar-refractivity contribution in [2.75, 3.05) is 27.4 Å². The largest absolute Gasteiger partial charge is 0.497 e. The van der Waals surface area contributed by atoms with E-state index in [4.69, 9.17) is 18.9 Å². The van der Waals surface area contributed by atoms with E-state index < -0.39 is 0 Å². The zero-order chi connectivity index (χ0) is 26.7. The fourth-order valence-corrected chi connectivity index (χ4v) is 4.22. The van der Waals surface area contributed by atoms with Crippen LogP contribution in [0, 0.1) is 0 Å². The first kappa shape index (κ1) is 26.6. The van der Waals surface area contributed by atoms with Crippen LogP contribution >= 0.6 is 0 Å². The van der Waals surface area contributed by atoms with E-state index >= 15 is 0 Å². The van der Waals surface area contributed by atoms with Gasteiger partial charge in [-0.2, -0.15) is 0 Å². The van der Waals surface area contributed by atoms with Crippen molar-refractivity contribution < 1.29 is 18.9 Å². The standard InChI is InChI=1S/C34H34O4/c1-5-37-31-19-11-27(12-20-31)34(28-13-21-32(22-14-28)38-6-2)24-23-33(25-7-15-29(35-3)16-8-25)26-9-17-30(36-4)18-10-26/h7-24H,5-6H2,1-4H3. The third-order valence-corrected chi connectivity index (χ3v) is 6.17. The Hall–Kier alpha value is -4.44. The molecule has 0 aliphatic heterocycles. The first-order valence-corrected chi connectivity index (χ1v) is 12.8. The Morgan fingerprint density at radius 2 is 0.711 bits per heavy atom. The van der Waals surface area contributed by atoms with E-state index in [-0.39, 0.29) is 0 Å². The lowest BCUT2D eigenvalue weighted by Gasteiger charge is -2.13. The molecule has 0 bridgehead atoms. The van der Waals surface area contributed by atoms with Crippen molar-refractivity contribution in [2.24, 2.45) is 0 Å². The van der Waals surface area contributed by atoms with Gasteiger partial charge in [0.15, 0.2) is 0 Å². The van der Waals surface area contributed by atoms with Crippen molar-refractivity contribution in [1.82, 2.24) is 0 Å². The first-order chi connectivity index (χ1) is 18.6. The van der Waals surface area contributed by atoms with Crippen LogP contribution < -0.4 is 18.9 Å². The van der Waals surface area contributed by atoms with E-state index in [1.54, 1.807) is 14.2 Å². The molecule has 4 heteroatoms. The topological polar surface area (TPSA) is 36.9 Å². The second kappa shape index (κ2) is 13.2. The molecular weight excluding hydrogens is 472 g/mol. The fraction of sp³-hybridized carbons (Fsp3) is 0.176. The average Bonchev–Trinajstić information content (AvgIpc) is 2.97. The lowest BCUT2D eigenvalue weighted by Crippen LogP contribution is -1.94. The minimum absolute atomic E-state index is 0.636. The summed E-state index contributed by atoms with van der Waals surface area (Å²) >= 11 is 0. The third kappa shape index (κ3) is 6.65. The molecule has 0 amide bonds. The highest BCUT2D eigenvalue weighted by Gasteiger charge is 2.09. The molecule has 0 radical (unpaired) electrons. The summed E-state index contributed by atoms with van der Waals surface area (Å²) in [4.78, 5) is 0. The summed E-state index contributed by atoms with van der Waals surface area (Å²) in [6.45, 7) is 5.25. The van der Waals surface area contributed by atoms with Gasteiger partial charge < -0.3 is 18.9 Å². The monoisotopic (exact) mass is 506 g/mol. The molecule has 4 nitrogen and oxygen atoms in total. The second-order valence-corrected chi connectivity index (χ2v) is 8.53. The summed E-state index contributed by atoms with van der Waals surface area (Å²) in [5.41, 5.74) is 6.55. The van der Waals surface area contributed by atoms with Gasteiger partial charge >= 0.3 is 0 Å². The number of benzene rings is 4. The molecule has 0 aliphatic rings. The lowest BCUT2D eigenvalue weighted by molar-refractivity contribution is 0.340. The quantitative estimate of drug-likeness (QED) is 0.193. The predicted octanol–water partition coefficient (Wildman–Crippen LogP) is 8.06. The van der Waals surface area contributed by atoms with Crippen molar-refractivity contribution in [3.63, 3.8) is 0 Å². The van der Waals surface area contributed by atoms with Crippen LogP contribution in [0.2, 0.25) is 0 Å². The Kier molecular flexibility index (Phi) is 9.25. The van der Waals surface area contributed by atoms with Gasteiger partial charge in [0, 0.05) is 0 Å². The summed E-state index contributed by atoms with van der Waals surface area (Å²) in [6, 6.07) is 32.7. The third-order valence-electron chi connectivity index (χ3n) is 6.17. The van der Waals surface area contributed by atoms with Crippen LogP contribution in [-0.4, -0.2) is 27.4 Å². The van der Waals surface area contributed by atoms with Crippen LogP contribution in [-0.2, 0) is 0 Å². The van der Waals surface area contributed by atoms with E-state index in [1.807, 2.05) is 62.4 Å². The van der Waals surface area contributed by atoms with Gasteiger partial charge in [-0.3, -0.25) is 0 Å². The number of ether oxygens (including phenoxy) is 4. The number of hydrogen-bond acceptors (Lipinski definition) is 4. The summed E-state index contributed by atoms with van der Waals surface area (Å²) in [5.74, 6) is 3.36. The van der Waals surface area contributed by atoms with E-state index in [0.29, 0.717) is 13.2 Å². The van der Waals surface area contributed by atoms with Crippen LogP contribution in [0.3, 0.4) is 0 Å². The SMILES string of the molecule is CCOc1ccc(C(=CC=C(c2ccc(OC)cc2)c2ccc(OC)cc2)c2ccc(OCC)cc2)cc1. The van der Waals surface area contributed by atoms with Crippen LogP contribution in [0.4, 0.5) is 0 Å². The zero-order valence-corrected chi connectivity index (χ0v) is 22.4. The highest BCUT2D eigenvalue weighted by Crippen LogP contribution is 2.31. The molecule has 0 atom stereocenters. The van der Waals surface area contributed by atoms with Crippen LogP contribution in [0.15, 0.2) is 109 Å². The van der Waals surface area contributed by atoms with Crippen molar-refractivity contribution in [3.05, 3.63) is 131 Å². The van der Waals surface area contributed by atoms with Gasteiger partial charge in [0.05, 0.1) is 27.4 Å². The van der Waals surface area contributed by atoms with Gasteiger partial charge in [-0.25, -0.2) is 0 Å². The minimum Gasteiger partial charge on any atom is -0.497 e. The normalized spacial score (nSPS) is 10.3. The first-order valence-electron chi connectivity index (χ1n) is 12.8. The number of hydrogen-bond donors (Lipinski definition) is 0. The molecule has 4 aromatic carbocycles. The second-order valence-electron chi connectivity index (χ2n) is 8.53. The van der Waals surface area contributed by atoms with Crippen molar-refractivity contribution in [3.8, 4) is 23.0 Å². The highest BCUT2D eigenvalue weighted by atomic mass is 16.5. The molecule has 0 N–H and O–H groups in total. The summed E-state index contributed by atoms with van der Waals surface area (Å²) in [7, 11) is 3.36. The molecule has 0 heterocycles. The molecule has 38 heavy (non-hydrogen) atoms. The number of allylic oxidation sites excluding steroid dienone is 2. The molecule has 0 saturated heterocycles. The molecule has 4 rings (SSSR count). The molecule has 0 aromatic heterocycles. The molecule has 194 valence electrons. The van der Waals surface area contributed by atoms with E-state index in [9.17, 15) is 0 Å². The Morgan fingerprint density at radius 3 is 0.947 bits per heavy atom. The van der Waals surface area contributed by atoms with E-state index in [2.05, 4.69) is 60.7 Å². The van der Waals surface area contributed by atoms with Gasteiger partial charge in [0.2, 0.25) is 0 Å². The van der Waals surface area contributed by atoms with Crippen LogP contribution in [0.25, 0.3) is 11.1 Å². The van der Waals surface area contributed by atoms with Gasteiger partial charge in [-0.05, 0) is 95.8 Å². The Labute approximate surface area is 225 Å². The highest BCUT2D eigenvalue weighted by molar-refractivity contribution is 5.86. The van der Waals surface area contributed by atoms with Crippen LogP contribution in [0.5, 0.6) is 23.0 Å². The number of methoxy groups -OCH3 is 2. The Balaban J connectivity index is 1.83. The van der Waals surface area contributed by atoms with Crippen molar-refractivity contribution in [1.29, 1.82) is 0 Å². The summed E-state index contributed by atoms with van der Waals surface area (Å²) in [5, 5.41) is 0. The number of rotatable bonds is 11. The summed E-state index contributed by atoms with van der Waals surface area (Å²) < 4.78 is 22.1. The molecule has 0 saturated carbocycles. The lowest BCUT2D eigenvalue weighted by atomic mass is 9.94. The average molecular weight is 507 g/mol. The predicted molar refractivity (Wildman–Crippen MR) is 155 cm³/mol. The van der Waals surface area contributed by atoms with Crippen molar-refractivity contribution in [2.45, 2.75) is 13.8 Å². The van der Waals surface area contributed by atoms with E-state index in [1.165, 1.54) is 0 Å². The van der Waals surface area contributed by atoms with Gasteiger partial charge in [-0.1, -0.05) is 60.7 Å². The minimum atomic E-state index is 0.636. The smallest absolute Gasteiger partial charge is 0.119 e. The fourth-order valence-electron chi connectivity index (χ4n) is 4.22.